The van der Waals surface area contributed by atoms with Crippen LogP contribution in [0.25, 0.3) is 0 Å². The number of nitrogens with one attached hydrogen (secondary N) is 1. The van der Waals surface area contributed by atoms with Gasteiger partial charge >= 0.3 is 0 Å². The highest BCUT2D eigenvalue weighted by molar-refractivity contribution is 6.06. The van der Waals surface area contributed by atoms with E-state index in [0.717, 1.165) is 18.8 Å². The van der Waals surface area contributed by atoms with Gasteiger partial charge in [-0.25, -0.2) is 0 Å². The molecule has 1 N–H and O–H groups in total. The molecule has 0 aromatic heterocycles. The van der Waals surface area contributed by atoms with E-state index in [1.165, 1.54) is 11.3 Å². The molecule has 1 heterocycles. The van der Waals surface area contributed by atoms with E-state index in [2.05, 4.69) is 37.2 Å². The predicted molar refractivity (Wildman–Crippen MR) is 83.0 cm³/mol. The van der Waals surface area contributed by atoms with Crippen LogP contribution in [-0.2, 0) is 0 Å². The van der Waals surface area contributed by atoms with Crippen LogP contribution in [0, 0.1) is 5.41 Å². The van der Waals surface area contributed by atoms with Gasteiger partial charge < -0.3 is 9.80 Å². The predicted octanol–water partition coefficient (Wildman–Crippen LogP) is 2.99. The summed E-state index contributed by atoms with van der Waals surface area (Å²) in [6, 6.07) is 8.35. The van der Waals surface area contributed by atoms with Crippen LogP contribution in [0.2, 0.25) is 0 Å². The number of likely N-dealkylation sites (N-methyl/N-ethyl adjacent to an activating group) is 1. The number of benzene rings is 1. The van der Waals surface area contributed by atoms with Gasteiger partial charge in [-0.05, 0) is 38.7 Å². The summed E-state index contributed by atoms with van der Waals surface area (Å²) in [6.07, 6.45) is 1.02. The maximum atomic E-state index is 8.15. The first kappa shape index (κ1) is 17.2. The zero-order chi connectivity index (χ0) is 11.7. The van der Waals surface area contributed by atoms with Gasteiger partial charge in [0.2, 0.25) is 0 Å². The first-order chi connectivity index (χ1) is 7.61. The Morgan fingerprint density at radius 3 is 2.44 bits per heavy atom. The van der Waals surface area contributed by atoms with E-state index in [4.69, 9.17) is 5.41 Å². The van der Waals surface area contributed by atoms with Crippen LogP contribution < -0.4 is 4.90 Å². The molecule has 1 aliphatic heterocycles. The Bertz CT molecular complexity index is 407. The van der Waals surface area contributed by atoms with Crippen molar-refractivity contribution in [1.29, 1.82) is 5.41 Å². The summed E-state index contributed by atoms with van der Waals surface area (Å²) in [6.45, 7) is 1.02. The molecule has 3 nitrogen and oxygen atoms in total. The Balaban J connectivity index is 0.00000144. The molecule has 1 aromatic carbocycles. The number of hydrogen-bond donors (Lipinski definition) is 1. The smallest absolute Gasteiger partial charge is 0.108 e. The van der Waals surface area contributed by atoms with Crippen LogP contribution >= 0.6 is 24.8 Å². The first-order valence-corrected chi connectivity index (χ1v) is 5.67. The fraction of sp³-hybridized carbons (Fsp3) is 0.462. The molecule has 0 radical (unpaired) electrons. The molecular weight excluding hydrogens is 269 g/mol. The van der Waals surface area contributed by atoms with Gasteiger partial charge in [-0.15, -0.1) is 24.8 Å². The average molecular weight is 290 g/mol. The Morgan fingerprint density at radius 1 is 1.22 bits per heavy atom. The van der Waals surface area contributed by atoms with Crippen LogP contribution in [0.4, 0.5) is 5.69 Å². The fourth-order valence-electron chi connectivity index (χ4n) is 2.28. The molecule has 1 atom stereocenters. The van der Waals surface area contributed by atoms with Gasteiger partial charge in [0.15, 0.2) is 0 Å². The van der Waals surface area contributed by atoms with E-state index in [9.17, 15) is 0 Å². The summed E-state index contributed by atoms with van der Waals surface area (Å²) < 4.78 is 0. The van der Waals surface area contributed by atoms with E-state index in [-0.39, 0.29) is 30.7 Å². The molecule has 0 aliphatic carbocycles. The lowest BCUT2D eigenvalue weighted by atomic mass is 9.97. The Labute approximate surface area is 121 Å². The number of para-hydroxylation sites is 1. The third-order valence-corrected chi connectivity index (χ3v) is 3.23. The summed E-state index contributed by atoms with van der Waals surface area (Å²) in [4.78, 5) is 4.17. The van der Waals surface area contributed by atoms with Crippen molar-refractivity contribution >= 4 is 36.3 Å². The second kappa shape index (κ2) is 6.98. The fourth-order valence-corrected chi connectivity index (χ4v) is 2.28. The van der Waals surface area contributed by atoms with Gasteiger partial charge in [0.05, 0.1) is 0 Å². The van der Waals surface area contributed by atoms with E-state index in [1.54, 1.807) is 0 Å². The molecule has 5 heteroatoms. The SMILES string of the molecule is CN(C)CCC1C(=N)N(C)c2ccccc21.Cl.Cl. The third-order valence-electron chi connectivity index (χ3n) is 3.23. The minimum atomic E-state index is 0. The van der Waals surface area contributed by atoms with Crippen molar-refractivity contribution in [3.63, 3.8) is 0 Å². The zero-order valence-corrected chi connectivity index (χ0v) is 12.6. The van der Waals surface area contributed by atoms with E-state index >= 15 is 0 Å². The molecule has 0 fully saturated rings. The minimum Gasteiger partial charge on any atom is -0.333 e. The quantitative estimate of drug-likeness (QED) is 0.927. The summed E-state index contributed by atoms with van der Waals surface area (Å²) in [5.41, 5.74) is 2.49. The van der Waals surface area contributed by atoms with E-state index in [0.29, 0.717) is 0 Å². The third kappa shape index (κ3) is 3.16. The van der Waals surface area contributed by atoms with Gasteiger partial charge in [0.1, 0.15) is 5.84 Å². The highest BCUT2D eigenvalue weighted by Crippen LogP contribution is 2.37. The maximum Gasteiger partial charge on any atom is 0.108 e. The molecule has 0 amide bonds. The topological polar surface area (TPSA) is 30.3 Å². The molecule has 0 spiro atoms. The number of hydrogen-bond acceptors (Lipinski definition) is 2. The Kier molecular flexibility index (Phi) is 6.68. The molecular formula is C13H21Cl2N3. The Morgan fingerprint density at radius 2 is 1.83 bits per heavy atom. The molecule has 0 saturated heterocycles. The molecule has 0 bridgehead atoms. The van der Waals surface area contributed by atoms with Crippen LogP contribution in [0.5, 0.6) is 0 Å². The number of nitrogens with zero attached hydrogens (tertiary/aromatic N) is 2. The van der Waals surface area contributed by atoms with Gasteiger partial charge in [-0.3, -0.25) is 5.41 Å². The number of rotatable bonds is 3. The van der Waals surface area contributed by atoms with Gasteiger partial charge in [0, 0.05) is 18.7 Å². The summed E-state index contributed by atoms with van der Waals surface area (Å²) >= 11 is 0. The number of fused-ring (bicyclic) bond motifs is 1. The van der Waals surface area contributed by atoms with Gasteiger partial charge in [-0.2, -0.15) is 0 Å². The molecule has 102 valence electrons. The van der Waals surface area contributed by atoms with Gasteiger partial charge in [-0.1, -0.05) is 18.2 Å². The highest BCUT2D eigenvalue weighted by Gasteiger charge is 2.31. The second-order valence-electron chi connectivity index (χ2n) is 4.65. The average Bonchev–Trinajstić information content (AvgIpc) is 2.50. The van der Waals surface area contributed by atoms with E-state index in [1.807, 2.05) is 18.0 Å². The van der Waals surface area contributed by atoms with Crippen LogP contribution in [0.3, 0.4) is 0 Å². The monoisotopic (exact) mass is 289 g/mol. The standard InChI is InChI=1S/C13H19N3.2ClH/c1-15(2)9-8-11-10-6-4-5-7-12(10)16(3)13(11)14;;/h4-7,11,14H,8-9H2,1-3H3;2*1H. The molecule has 1 aliphatic rings. The lowest BCUT2D eigenvalue weighted by Crippen LogP contribution is -2.25. The van der Waals surface area contributed by atoms with Gasteiger partial charge in [0.25, 0.3) is 0 Å². The lowest BCUT2D eigenvalue weighted by Gasteiger charge is -2.16. The van der Waals surface area contributed by atoms with Crippen LogP contribution in [-0.4, -0.2) is 38.4 Å². The molecule has 0 saturated carbocycles. The normalized spacial score (nSPS) is 17.2. The lowest BCUT2D eigenvalue weighted by molar-refractivity contribution is 0.396. The number of amidine groups is 1. The summed E-state index contributed by atoms with van der Waals surface area (Å²) in [5, 5.41) is 8.15. The van der Waals surface area contributed by atoms with Crippen molar-refractivity contribution in [3.8, 4) is 0 Å². The highest BCUT2D eigenvalue weighted by atomic mass is 35.5. The Hall–Kier alpha value is -0.770. The molecule has 2 rings (SSSR count). The minimum absolute atomic E-state index is 0. The summed E-state index contributed by atoms with van der Waals surface area (Å²) in [7, 11) is 6.14. The zero-order valence-electron chi connectivity index (χ0n) is 11.0. The van der Waals surface area contributed by atoms with E-state index < -0.39 is 0 Å². The maximum absolute atomic E-state index is 8.15. The number of anilines is 1. The van der Waals surface area contributed by atoms with Crippen molar-refractivity contribution < 1.29 is 0 Å². The second-order valence-corrected chi connectivity index (χ2v) is 4.65. The van der Waals surface area contributed by atoms with Crippen LogP contribution in [0.1, 0.15) is 17.9 Å². The van der Waals surface area contributed by atoms with Crippen LogP contribution in [0.15, 0.2) is 24.3 Å². The van der Waals surface area contributed by atoms with Crippen molar-refractivity contribution in [2.24, 2.45) is 0 Å². The first-order valence-electron chi connectivity index (χ1n) is 5.67. The van der Waals surface area contributed by atoms with Crippen molar-refractivity contribution in [1.82, 2.24) is 4.90 Å². The van der Waals surface area contributed by atoms with Crippen molar-refractivity contribution in [3.05, 3.63) is 29.8 Å². The van der Waals surface area contributed by atoms with Crippen molar-refractivity contribution in [2.45, 2.75) is 12.3 Å². The summed E-state index contributed by atoms with van der Waals surface area (Å²) in [5.74, 6) is 0.992. The molecule has 1 aromatic rings. The largest absolute Gasteiger partial charge is 0.333 e. The van der Waals surface area contributed by atoms with Crippen molar-refractivity contribution in [2.75, 3.05) is 32.6 Å². The molecule has 1 unspecified atom stereocenters. The molecule has 18 heavy (non-hydrogen) atoms. The number of halogens is 2.